The van der Waals surface area contributed by atoms with Gasteiger partial charge in [0, 0.05) is 0 Å². The molecule has 3 N–H and O–H groups in total. The van der Waals surface area contributed by atoms with Gasteiger partial charge in [0.2, 0.25) is 5.91 Å². The standard InChI is InChI=1S/C20H17N5O3S/c21-19(27)16-10-22-20(29-16)24-18(26)11-25-15-9-5-4-8-14(15)23-17(25)12-28-13-6-2-1-3-7-13/h1-10H,11-12H2,(H2,21,27)(H,22,24,26). The number of primary amides is 1. The zero-order valence-electron chi connectivity index (χ0n) is 15.2. The Balaban J connectivity index is 1.54. The molecular weight excluding hydrogens is 390 g/mol. The van der Waals surface area contributed by atoms with Crippen molar-refractivity contribution in [1.82, 2.24) is 14.5 Å². The molecule has 8 nitrogen and oxygen atoms in total. The van der Waals surface area contributed by atoms with Crippen molar-refractivity contribution in [2.75, 3.05) is 5.32 Å². The first-order valence-electron chi connectivity index (χ1n) is 8.77. The smallest absolute Gasteiger partial charge is 0.260 e. The maximum Gasteiger partial charge on any atom is 0.260 e. The lowest BCUT2D eigenvalue weighted by atomic mass is 10.3. The van der Waals surface area contributed by atoms with Gasteiger partial charge in [0.1, 0.15) is 29.6 Å². The van der Waals surface area contributed by atoms with Gasteiger partial charge in [-0.25, -0.2) is 9.97 Å². The van der Waals surface area contributed by atoms with E-state index in [2.05, 4.69) is 15.3 Å². The quantitative estimate of drug-likeness (QED) is 0.489. The molecule has 146 valence electrons. The molecule has 0 bridgehead atoms. The molecule has 0 unspecified atom stereocenters. The predicted octanol–water partition coefficient (Wildman–Crippen LogP) is 2.81. The number of nitrogens with zero attached hydrogens (tertiary/aromatic N) is 3. The number of fused-ring (bicyclic) bond motifs is 1. The van der Waals surface area contributed by atoms with E-state index in [0.717, 1.165) is 28.1 Å². The Bertz CT molecular complexity index is 1170. The third-order valence-corrected chi connectivity index (χ3v) is 5.07. The Morgan fingerprint density at radius 3 is 2.62 bits per heavy atom. The molecule has 0 fully saturated rings. The summed E-state index contributed by atoms with van der Waals surface area (Å²) in [6.45, 7) is 0.245. The van der Waals surface area contributed by atoms with Crippen LogP contribution in [0.15, 0.2) is 60.8 Å². The van der Waals surface area contributed by atoms with Crippen molar-refractivity contribution >= 4 is 39.3 Å². The Kier molecular flexibility index (Phi) is 5.21. The van der Waals surface area contributed by atoms with Crippen molar-refractivity contribution in [1.29, 1.82) is 0 Å². The fourth-order valence-corrected chi connectivity index (χ4v) is 3.51. The van der Waals surface area contributed by atoms with Crippen LogP contribution in [0.25, 0.3) is 11.0 Å². The van der Waals surface area contributed by atoms with Crippen LogP contribution in [0.5, 0.6) is 5.75 Å². The molecule has 0 radical (unpaired) electrons. The minimum absolute atomic E-state index is 0.0273. The highest BCUT2D eigenvalue weighted by atomic mass is 32.1. The molecule has 0 aliphatic rings. The number of thiazole rings is 1. The minimum Gasteiger partial charge on any atom is -0.486 e. The van der Waals surface area contributed by atoms with Gasteiger partial charge in [0.15, 0.2) is 5.13 Å². The van der Waals surface area contributed by atoms with E-state index in [-0.39, 0.29) is 23.9 Å². The second-order valence-corrected chi connectivity index (χ2v) is 7.18. The number of benzene rings is 2. The van der Waals surface area contributed by atoms with Crippen molar-refractivity contribution in [3.63, 3.8) is 0 Å². The summed E-state index contributed by atoms with van der Waals surface area (Å²) in [6.07, 6.45) is 1.34. The lowest BCUT2D eigenvalue weighted by Gasteiger charge is -2.10. The Morgan fingerprint density at radius 1 is 1.10 bits per heavy atom. The highest BCUT2D eigenvalue weighted by Crippen LogP contribution is 2.20. The molecular formula is C20H17N5O3S. The van der Waals surface area contributed by atoms with Gasteiger partial charge in [-0.15, -0.1) is 0 Å². The second-order valence-electron chi connectivity index (χ2n) is 6.15. The molecule has 2 amide bonds. The first-order chi connectivity index (χ1) is 14.1. The molecule has 9 heteroatoms. The van der Waals surface area contributed by atoms with E-state index in [1.807, 2.05) is 54.6 Å². The molecule has 0 aliphatic carbocycles. The van der Waals surface area contributed by atoms with Crippen LogP contribution < -0.4 is 15.8 Å². The van der Waals surface area contributed by atoms with Gasteiger partial charge in [-0.1, -0.05) is 41.7 Å². The van der Waals surface area contributed by atoms with Crippen LogP contribution in [0.1, 0.15) is 15.5 Å². The summed E-state index contributed by atoms with van der Waals surface area (Å²) < 4.78 is 7.62. The molecule has 0 saturated carbocycles. The third-order valence-electron chi connectivity index (χ3n) is 4.14. The number of hydrogen-bond donors (Lipinski definition) is 2. The van der Waals surface area contributed by atoms with E-state index in [9.17, 15) is 9.59 Å². The number of imidazole rings is 1. The van der Waals surface area contributed by atoms with Crippen LogP contribution in [0, 0.1) is 0 Å². The highest BCUT2D eigenvalue weighted by molar-refractivity contribution is 7.17. The molecule has 2 aromatic heterocycles. The van der Waals surface area contributed by atoms with Crippen LogP contribution in [-0.2, 0) is 17.9 Å². The number of amides is 2. The average Bonchev–Trinajstić information content (AvgIpc) is 3.32. The first-order valence-corrected chi connectivity index (χ1v) is 9.59. The number of hydrogen-bond acceptors (Lipinski definition) is 6. The van der Waals surface area contributed by atoms with Gasteiger partial charge in [0.25, 0.3) is 5.91 Å². The van der Waals surface area contributed by atoms with Crippen LogP contribution in [-0.4, -0.2) is 26.3 Å². The maximum atomic E-state index is 12.6. The van der Waals surface area contributed by atoms with Crippen LogP contribution in [0.2, 0.25) is 0 Å². The maximum absolute atomic E-state index is 12.6. The van der Waals surface area contributed by atoms with Gasteiger partial charge in [-0.2, -0.15) is 0 Å². The van der Waals surface area contributed by atoms with E-state index in [1.54, 1.807) is 4.57 Å². The van der Waals surface area contributed by atoms with E-state index >= 15 is 0 Å². The van der Waals surface area contributed by atoms with Crippen molar-refractivity contribution in [3.05, 3.63) is 71.5 Å². The molecule has 0 aliphatic heterocycles. The largest absolute Gasteiger partial charge is 0.486 e. The van der Waals surface area contributed by atoms with Gasteiger partial charge in [-0.05, 0) is 24.3 Å². The SMILES string of the molecule is NC(=O)c1cnc(NC(=O)Cn2c(COc3ccccc3)nc3ccccc32)s1. The van der Waals surface area contributed by atoms with E-state index in [0.29, 0.717) is 11.0 Å². The zero-order chi connectivity index (χ0) is 20.2. The van der Waals surface area contributed by atoms with Crippen molar-refractivity contribution < 1.29 is 14.3 Å². The fraction of sp³-hybridized carbons (Fsp3) is 0.100. The fourth-order valence-electron chi connectivity index (χ4n) is 2.82. The lowest BCUT2D eigenvalue weighted by molar-refractivity contribution is -0.116. The molecule has 2 heterocycles. The number of aromatic nitrogens is 3. The second kappa shape index (κ2) is 8.11. The lowest BCUT2D eigenvalue weighted by Crippen LogP contribution is -2.20. The molecule has 2 aromatic carbocycles. The summed E-state index contributed by atoms with van der Waals surface area (Å²) in [5, 5.41) is 3.01. The van der Waals surface area contributed by atoms with Crippen molar-refractivity contribution in [3.8, 4) is 5.75 Å². The summed E-state index contributed by atoms with van der Waals surface area (Å²) in [5.41, 5.74) is 6.82. The summed E-state index contributed by atoms with van der Waals surface area (Å²) in [5.74, 6) is 0.475. The number of carbonyl (C=O) groups is 2. The highest BCUT2D eigenvalue weighted by Gasteiger charge is 2.16. The normalized spacial score (nSPS) is 10.8. The number of para-hydroxylation sites is 3. The topological polar surface area (TPSA) is 112 Å². The number of anilines is 1. The number of rotatable bonds is 7. The Labute approximate surface area is 170 Å². The third kappa shape index (κ3) is 4.25. The van der Waals surface area contributed by atoms with Crippen LogP contribution in [0.4, 0.5) is 5.13 Å². The number of ether oxygens (including phenoxy) is 1. The number of carbonyl (C=O) groups excluding carboxylic acids is 2. The summed E-state index contributed by atoms with van der Waals surface area (Å²) >= 11 is 1.03. The average molecular weight is 407 g/mol. The monoisotopic (exact) mass is 407 g/mol. The van der Waals surface area contributed by atoms with Gasteiger partial charge in [-0.3, -0.25) is 9.59 Å². The summed E-state index contributed by atoms with van der Waals surface area (Å²) in [6, 6.07) is 17.0. The molecule has 29 heavy (non-hydrogen) atoms. The molecule has 4 aromatic rings. The van der Waals surface area contributed by atoms with Crippen molar-refractivity contribution in [2.45, 2.75) is 13.2 Å². The van der Waals surface area contributed by atoms with E-state index < -0.39 is 5.91 Å². The number of nitrogens with one attached hydrogen (secondary N) is 1. The summed E-state index contributed by atoms with van der Waals surface area (Å²) in [4.78, 5) is 32.7. The molecule has 0 atom stereocenters. The van der Waals surface area contributed by atoms with Crippen LogP contribution >= 0.6 is 11.3 Å². The van der Waals surface area contributed by atoms with Gasteiger partial charge >= 0.3 is 0 Å². The molecule has 0 spiro atoms. The van der Waals surface area contributed by atoms with E-state index in [1.165, 1.54) is 6.20 Å². The van der Waals surface area contributed by atoms with Gasteiger partial charge in [0.05, 0.1) is 17.2 Å². The van der Waals surface area contributed by atoms with Crippen LogP contribution in [0.3, 0.4) is 0 Å². The minimum atomic E-state index is -0.580. The molecule has 4 rings (SSSR count). The Morgan fingerprint density at radius 2 is 1.86 bits per heavy atom. The summed E-state index contributed by atoms with van der Waals surface area (Å²) in [7, 11) is 0. The molecule has 0 saturated heterocycles. The first kappa shape index (κ1) is 18.6. The van der Waals surface area contributed by atoms with Gasteiger partial charge < -0.3 is 20.4 Å². The van der Waals surface area contributed by atoms with E-state index in [4.69, 9.17) is 10.5 Å². The zero-order valence-corrected chi connectivity index (χ0v) is 16.1. The number of nitrogens with two attached hydrogens (primary N) is 1. The Hall–Kier alpha value is -3.72. The predicted molar refractivity (Wildman–Crippen MR) is 110 cm³/mol. The van der Waals surface area contributed by atoms with Crippen molar-refractivity contribution in [2.24, 2.45) is 5.73 Å².